The van der Waals surface area contributed by atoms with Gasteiger partial charge in [0.25, 0.3) is 0 Å². The average Bonchev–Trinajstić information content (AvgIpc) is 2.93. The maximum Gasteiger partial charge on any atom is 0.249 e. The fraction of sp³-hybridized carbons (Fsp3) is 0.867. The van der Waals surface area contributed by atoms with Crippen LogP contribution in [0.5, 0.6) is 0 Å². The summed E-state index contributed by atoms with van der Waals surface area (Å²) >= 11 is 1.92. The lowest BCUT2D eigenvalue weighted by atomic mass is 9.88. The van der Waals surface area contributed by atoms with Crippen LogP contribution in [-0.2, 0) is 9.59 Å². The van der Waals surface area contributed by atoms with Crippen LogP contribution in [-0.4, -0.2) is 45.8 Å². The Morgan fingerprint density at radius 1 is 1.30 bits per heavy atom. The average molecular weight is 296 g/mol. The van der Waals surface area contributed by atoms with E-state index >= 15 is 0 Å². The fourth-order valence-corrected chi connectivity index (χ4v) is 5.09. The highest BCUT2D eigenvalue weighted by molar-refractivity contribution is 7.99. The molecule has 0 bridgehead atoms. The molecule has 1 saturated carbocycles. The summed E-state index contributed by atoms with van der Waals surface area (Å²) in [6.07, 6.45) is 6.68. The Labute approximate surface area is 125 Å². The van der Waals surface area contributed by atoms with Gasteiger partial charge in [-0.05, 0) is 37.9 Å². The lowest BCUT2D eigenvalue weighted by Crippen LogP contribution is -2.71. The van der Waals surface area contributed by atoms with Gasteiger partial charge in [0.15, 0.2) is 0 Å². The number of hydrogen-bond acceptors (Lipinski definition) is 3. The molecule has 0 radical (unpaired) electrons. The molecule has 2 saturated heterocycles. The van der Waals surface area contributed by atoms with Crippen molar-refractivity contribution in [1.82, 2.24) is 10.2 Å². The largest absolute Gasteiger partial charge is 0.340 e. The highest BCUT2D eigenvalue weighted by Gasteiger charge is 2.53. The molecule has 0 aromatic heterocycles. The monoisotopic (exact) mass is 296 g/mol. The zero-order valence-corrected chi connectivity index (χ0v) is 13.0. The Balaban J connectivity index is 1.89. The van der Waals surface area contributed by atoms with Crippen LogP contribution in [0.15, 0.2) is 0 Å². The zero-order valence-electron chi connectivity index (χ0n) is 12.2. The second kappa shape index (κ2) is 5.58. The van der Waals surface area contributed by atoms with Crippen molar-refractivity contribution in [1.29, 1.82) is 0 Å². The van der Waals surface area contributed by atoms with Crippen LogP contribution in [0.1, 0.15) is 51.9 Å². The third-order valence-electron chi connectivity index (χ3n) is 5.02. The summed E-state index contributed by atoms with van der Waals surface area (Å²) in [5.74, 6) is 2.46. The van der Waals surface area contributed by atoms with E-state index in [1.807, 2.05) is 23.6 Å². The number of rotatable bonds is 2. The molecule has 2 aliphatic heterocycles. The standard InChI is InChI=1S/C15H24N2O2S/c1-2-12-13(18)16-15(7-3-4-8-15)14(19)17(12)11-6-5-9-20-10-11/h11-12H,2-10H2,1H3,(H,16,18). The van der Waals surface area contributed by atoms with Gasteiger partial charge >= 0.3 is 0 Å². The first-order valence-corrected chi connectivity index (χ1v) is 9.06. The quantitative estimate of drug-likeness (QED) is 0.847. The Morgan fingerprint density at radius 3 is 2.65 bits per heavy atom. The smallest absolute Gasteiger partial charge is 0.249 e. The van der Waals surface area contributed by atoms with E-state index < -0.39 is 5.54 Å². The molecule has 4 nitrogen and oxygen atoms in total. The van der Waals surface area contributed by atoms with E-state index in [0.29, 0.717) is 0 Å². The van der Waals surface area contributed by atoms with Crippen molar-refractivity contribution >= 4 is 23.6 Å². The van der Waals surface area contributed by atoms with Gasteiger partial charge in [-0.3, -0.25) is 9.59 Å². The van der Waals surface area contributed by atoms with E-state index in [1.54, 1.807) is 0 Å². The summed E-state index contributed by atoms with van der Waals surface area (Å²) in [4.78, 5) is 27.5. The summed E-state index contributed by atoms with van der Waals surface area (Å²) in [7, 11) is 0. The first-order chi connectivity index (χ1) is 9.68. The van der Waals surface area contributed by atoms with E-state index in [0.717, 1.165) is 50.7 Å². The normalized spacial score (nSPS) is 33.5. The van der Waals surface area contributed by atoms with Crippen LogP contribution in [0.2, 0.25) is 0 Å². The molecule has 2 unspecified atom stereocenters. The molecule has 0 aromatic rings. The van der Waals surface area contributed by atoms with Gasteiger partial charge in [0, 0.05) is 11.8 Å². The first kappa shape index (κ1) is 14.2. The second-order valence-electron chi connectivity index (χ2n) is 6.29. The maximum atomic E-state index is 13.1. The number of hydrogen-bond donors (Lipinski definition) is 1. The molecule has 3 aliphatic rings. The summed E-state index contributed by atoms with van der Waals surface area (Å²) < 4.78 is 0. The highest BCUT2D eigenvalue weighted by Crippen LogP contribution is 2.37. The van der Waals surface area contributed by atoms with Gasteiger partial charge in [-0.1, -0.05) is 19.8 Å². The molecule has 1 spiro atoms. The zero-order chi connectivity index (χ0) is 14.2. The fourth-order valence-electron chi connectivity index (χ4n) is 3.95. The van der Waals surface area contributed by atoms with E-state index in [4.69, 9.17) is 0 Å². The van der Waals surface area contributed by atoms with Gasteiger partial charge in [-0.25, -0.2) is 0 Å². The van der Waals surface area contributed by atoms with Gasteiger partial charge in [-0.2, -0.15) is 11.8 Å². The summed E-state index contributed by atoms with van der Waals surface area (Å²) in [6.45, 7) is 2.01. The number of carbonyl (C=O) groups is 2. The van der Waals surface area contributed by atoms with Crippen molar-refractivity contribution in [2.45, 2.75) is 69.5 Å². The van der Waals surface area contributed by atoms with Crippen LogP contribution < -0.4 is 5.32 Å². The maximum absolute atomic E-state index is 13.1. The van der Waals surface area contributed by atoms with Gasteiger partial charge in [0.05, 0.1) is 0 Å². The molecule has 1 N–H and O–H groups in total. The Hall–Kier alpha value is -0.710. The van der Waals surface area contributed by atoms with E-state index in [-0.39, 0.29) is 23.9 Å². The van der Waals surface area contributed by atoms with Crippen molar-refractivity contribution in [2.75, 3.05) is 11.5 Å². The molecule has 2 atom stereocenters. The molecule has 3 rings (SSSR count). The van der Waals surface area contributed by atoms with Gasteiger partial charge in [0.1, 0.15) is 11.6 Å². The lowest BCUT2D eigenvalue weighted by molar-refractivity contribution is -0.157. The minimum Gasteiger partial charge on any atom is -0.340 e. The summed E-state index contributed by atoms with van der Waals surface area (Å²) in [6, 6.07) is 0.00662. The van der Waals surface area contributed by atoms with Crippen LogP contribution in [0, 0.1) is 0 Å². The molecule has 2 heterocycles. The first-order valence-electron chi connectivity index (χ1n) is 7.90. The minimum absolute atomic E-state index is 0.0737. The SMILES string of the molecule is CCC1C(=O)NC2(CCCC2)C(=O)N1C1CCCSC1. The van der Waals surface area contributed by atoms with Gasteiger partial charge in [0.2, 0.25) is 11.8 Å². The van der Waals surface area contributed by atoms with Crippen LogP contribution in [0.3, 0.4) is 0 Å². The topological polar surface area (TPSA) is 49.4 Å². The number of nitrogens with one attached hydrogen (secondary N) is 1. The van der Waals surface area contributed by atoms with Gasteiger partial charge < -0.3 is 10.2 Å². The minimum atomic E-state index is -0.565. The molecule has 20 heavy (non-hydrogen) atoms. The number of carbonyl (C=O) groups excluding carboxylic acids is 2. The Bertz CT molecular complexity index is 401. The summed E-state index contributed by atoms with van der Waals surface area (Å²) in [5, 5.41) is 3.07. The lowest BCUT2D eigenvalue weighted by Gasteiger charge is -2.48. The number of piperazine rings is 1. The van der Waals surface area contributed by atoms with Gasteiger partial charge in [-0.15, -0.1) is 0 Å². The van der Waals surface area contributed by atoms with Crippen molar-refractivity contribution in [3.05, 3.63) is 0 Å². The summed E-state index contributed by atoms with van der Waals surface area (Å²) in [5.41, 5.74) is -0.565. The molecular weight excluding hydrogens is 272 g/mol. The number of amides is 2. The molecular formula is C15H24N2O2S. The van der Waals surface area contributed by atoms with Crippen molar-refractivity contribution in [3.63, 3.8) is 0 Å². The Morgan fingerprint density at radius 2 is 2.05 bits per heavy atom. The molecule has 2 amide bonds. The molecule has 112 valence electrons. The van der Waals surface area contributed by atoms with Crippen LogP contribution in [0.4, 0.5) is 0 Å². The highest BCUT2D eigenvalue weighted by atomic mass is 32.2. The number of thioether (sulfide) groups is 1. The third-order valence-corrected chi connectivity index (χ3v) is 6.22. The van der Waals surface area contributed by atoms with Crippen molar-refractivity contribution < 1.29 is 9.59 Å². The van der Waals surface area contributed by atoms with Crippen LogP contribution in [0.25, 0.3) is 0 Å². The van der Waals surface area contributed by atoms with Crippen molar-refractivity contribution in [2.24, 2.45) is 0 Å². The molecule has 0 aromatic carbocycles. The molecule has 5 heteroatoms. The molecule has 3 fully saturated rings. The Kier molecular flexibility index (Phi) is 3.98. The predicted octanol–water partition coefficient (Wildman–Crippen LogP) is 1.93. The van der Waals surface area contributed by atoms with E-state index in [9.17, 15) is 9.59 Å². The predicted molar refractivity (Wildman–Crippen MR) is 80.6 cm³/mol. The van der Waals surface area contributed by atoms with Crippen molar-refractivity contribution in [3.8, 4) is 0 Å². The second-order valence-corrected chi connectivity index (χ2v) is 7.44. The van der Waals surface area contributed by atoms with E-state index in [2.05, 4.69) is 5.32 Å². The number of nitrogens with zero attached hydrogens (tertiary/aromatic N) is 1. The third kappa shape index (κ3) is 2.24. The molecule has 1 aliphatic carbocycles. The van der Waals surface area contributed by atoms with E-state index in [1.165, 1.54) is 5.75 Å². The van der Waals surface area contributed by atoms with Crippen LogP contribution >= 0.6 is 11.8 Å².